The minimum Gasteiger partial charge on any atom is -0.253 e. The molecule has 0 aliphatic carbocycles. The maximum Gasteiger partial charge on any atom is 0.137 e. The van der Waals surface area contributed by atoms with Gasteiger partial charge in [-0.3, -0.25) is 4.68 Å². The third-order valence-electron chi connectivity index (χ3n) is 1.56. The second kappa shape index (κ2) is 3.03. The average molecular weight is 153 g/mol. The highest BCUT2D eigenvalue weighted by molar-refractivity contribution is 4.63. The molecule has 0 bridgehead atoms. The Morgan fingerprint density at radius 2 is 2.09 bits per heavy atom. The van der Waals surface area contributed by atoms with E-state index >= 15 is 0 Å². The molecule has 1 aromatic heterocycles. The summed E-state index contributed by atoms with van der Waals surface area (Å²) in [4.78, 5) is 3.87. The highest BCUT2D eigenvalue weighted by atomic mass is 15.3. The van der Waals surface area contributed by atoms with Crippen molar-refractivity contribution >= 4 is 0 Å². The lowest BCUT2D eigenvalue weighted by Gasteiger charge is -2.17. The van der Waals surface area contributed by atoms with Crippen molar-refractivity contribution in [2.75, 3.05) is 0 Å². The van der Waals surface area contributed by atoms with Crippen LogP contribution in [0.4, 0.5) is 0 Å². The highest BCUT2D eigenvalue weighted by Gasteiger charge is 2.09. The Morgan fingerprint density at radius 3 is 2.55 bits per heavy atom. The fourth-order valence-corrected chi connectivity index (χ4v) is 0.798. The van der Waals surface area contributed by atoms with Gasteiger partial charge < -0.3 is 0 Å². The summed E-state index contributed by atoms with van der Waals surface area (Å²) in [6.07, 6.45) is 4.46. The van der Waals surface area contributed by atoms with E-state index in [1.165, 1.54) is 0 Å². The smallest absolute Gasteiger partial charge is 0.137 e. The van der Waals surface area contributed by atoms with E-state index in [9.17, 15) is 0 Å². The first-order valence-corrected chi connectivity index (χ1v) is 3.90. The zero-order valence-corrected chi connectivity index (χ0v) is 7.41. The van der Waals surface area contributed by atoms with Gasteiger partial charge >= 0.3 is 0 Å². The molecule has 1 rings (SSSR count). The second-order valence-corrected chi connectivity index (χ2v) is 3.97. The molecule has 3 heteroatoms. The summed E-state index contributed by atoms with van der Waals surface area (Å²) in [7, 11) is 0. The molecule has 11 heavy (non-hydrogen) atoms. The molecule has 0 aliphatic heterocycles. The largest absolute Gasteiger partial charge is 0.253 e. The Labute approximate surface area is 67.4 Å². The third kappa shape index (κ3) is 3.16. The van der Waals surface area contributed by atoms with Crippen LogP contribution in [0.5, 0.6) is 0 Å². The van der Waals surface area contributed by atoms with E-state index < -0.39 is 0 Å². The Balaban J connectivity index is 2.35. The summed E-state index contributed by atoms with van der Waals surface area (Å²) < 4.78 is 1.87. The fraction of sp³-hybridized carbons (Fsp3) is 0.750. The number of rotatable bonds is 2. The molecule has 3 nitrogen and oxygen atoms in total. The van der Waals surface area contributed by atoms with E-state index in [1.807, 2.05) is 4.68 Å². The summed E-state index contributed by atoms with van der Waals surface area (Å²) in [6.45, 7) is 7.64. The van der Waals surface area contributed by atoms with Gasteiger partial charge in [0.2, 0.25) is 0 Å². The molecule has 0 radical (unpaired) electrons. The number of aryl methyl sites for hydroxylation is 1. The Kier molecular flexibility index (Phi) is 2.27. The van der Waals surface area contributed by atoms with E-state index in [0.717, 1.165) is 13.0 Å². The predicted molar refractivity (Wildman–Crippen MR) is 44.1 cm³/mol. The molecule has 0 spiro atoms. The van der Waals surface area contributed by atoms with Gasteiger partial charge in [0.1, 0.15) is 12.7 Å². The van der Waals surface area contributed by atoms with Crippen LogP contribution in [0.25, 0.3) is 0 Å². The summed E-state index contributed by atoms with van der Waals surface area (Å²) in [5.41, 5.74) is 0.381. The topological polar surface area (TPSA) is 30.7 Å². The number of nitrogens with zero attached hydrogens (tertiary/aromatic N) is 3. The minimum atomic E-state index is 0.381. The SMILES string of the molecule is CC(C)(C)CCn1cncn1. The van der Waals surface area contributed by atoms with Crippen LogP contribution in [0.15, 0.2) is 12.7 Å². The molecule has 0 amide bonds. The van der Waals surface area contributed by atoms with Crippen LogP contribution in [0.2, 0.25) is 0 Å². The zero-order valence-electron chi connectivity index (χ0n) is 7.41. The fourth-order valence-electron chi connectivity index (χ4n) is 0.798. The Morgan fingerprint density at radius 1 is 1.36 bits per heavy atom. The van der Waals surface area contributed by atoms with Crippen molar-refractivity contribution < 1.29 is 0 Å². The minimum absolute atomic E-state index is 0.381. The molecule has 0 atom stereocenters. The van der Waals surface area contributed by atoms with E-state index in [2.05, 4.69) is 30.9 Å². The molecule has 0 saturated heterocycles. The molecule has 0 unspecified atom stereocenters. The van der Waals surface area contributed by atoms with Gasteiger partial charge in [-0.25, -0.2) is 4.98 Å². The Bertz CT molecular complexity index is 196. The molecular weight excluding hydrogens is 138 g/mol. The van der Waals surface area contributed by atoms with Crippen LogP contribution in [-0.4, -0.2) is 14.8 Å². The lowest BCUT2D eigenvalue weighted by Crippen LogP contribution is -2.10. The first-order chi connectivity index (χ1) is 5.08. The van der Waals surface area contributed by atoms with E-state index in [0.29, 0.717) is 5.41 Å². The second-order valence-electron chi connectivity index (χ2n) is 3.97. The van der Waals surface area contributed by atoms with E-state index in [-0.39, 0.29) is 0 Å². The molecule has 1 heterocycles. The molecule has 0 fully saturated rings. The van der Waals surface area contributed by atoms with Gasteiger partial charge in [0, 0.05) is 6.54 Å². The van der Waals surface area contributed by atoms with Crippen LogP contribution in [0.3, 0.4) is 0 Å². The molecule has 0 aliphatic rings. The van der Waals surface area contributed by atoms with E-state index in [4.69, 9.17) is 0 Å². The normalized spacial score (nSPS) is 11.9. The van der Waals surface area contributed by atoms with Gasteiger partial charge in [-0.15, -0.1) is 0 Å². The van der Waals surface area contributed by atoms with Gasteiger partial charge in [0.05, 0.1) is 0 Å². The molecule has 0 aromatic carbocycles. The van der Waals surface area contributed by atoms with Crippen LogP contribution in [0, 0.1) is 5.41 Å². The predicted octanol–water partition coefficient (Wildman–Crippen LogP) is 1.71. The third-order valence-corrected chi connectivity index (χ3v) is 1.56. The maximum atomic E-state index is 4.02. The first-order valence-electron chi connectivity index (χ1n) is 3.90. The van der Waals surface area contributed by atoms with Crippen molar-refractivity contribution in [3.63, 3.8) is 0 Å². The lowest BCUT2D eigenvalue weighted by atomic mass is 9.92. The maximum absolute atomic E-state index is 4.02. The van der Waals surface area contributed by atoms with Crippen molar-refractivity contribution in [2.45, 2.75) is 33.7 Å². The van der Waals surface area contributed by atoms with Crippen LogP contribution >= 0.6 is 0 Å². The summed E-state index contributed by atoms with van der Waals surface area (Å²) in [5, 5.41) is 4.02. The first kappa shape index (κ1) is 8.24. The van der Waals surface area contributed by atoms with Gasteiger partial charge in [-0.1, -0.05) is 20.8 Å². The Hall–Kier alpha value is -0.860. The monoisotopic (exact) mass is 153 g/mol. The zero-order chi connectivity index (χ0) is 8.32. The van der Waals surface area contributed by atoms with Gasteiger partial charge in [-0.2, -0.15) is 5.10 Å². The van der Waals surface area contributed by atoms with Gasteiger partial charge in [0.25, 0.3) is 0 Å². The lowest BCUT2D eigenvalue weighted by molar-refractivity contribution is 0.341. The molecular formula is C8H15N3. The van der Waals surface area contributed by atoms with Crippen molar-refractivity contribution in [2.24, 2.45) is 5.41 Å². The molecule has 0 N–H and O–H groups in total. The molecule has 62 valence electrons. The van der Waals surface area contributed by atoms with Crippen molar-refractivity contribution in [1.29, 1.82) is 0 Å². The molecule has 1 aromatic rings. The number of aromatic nitrogens is 3. The summed E-state index contributed by atoms with van der Waals surface area (Å²) >= 11 is 0. The quantitative estimate of drug-likeness (QED) is 0.647. The average Bonchev–Trinajstić information content (AvgIpc) is 2.32. The van der Waals surface area contributed by atoms with Gasteiger partial charge in [-0.05, 0) is 11.8 Å². The van der Waals surface area contributed by atoms with Crippen molar-refractivity contribution in [1.82, 2.24) is 14.8 Å². The van der Waals surface area contributed by atoms with E-state index in [1.54, 1.807) is 12.7 Å². The van der Waals surface area contributed by atoms with Crippen molar-refractivity contribution in [3.8, 4) is 0 Å². The summed E-state index contributed by atoms with van der Waals surface area (Å²) in [6, 6.07) is 0. The van der Waals surface area contributed by atoms with Crippen LogP contribution in [-0.2, 0) is 6.54 Å². The van der Waals surface area contributed by atoms with Gasteiger partial charge in [0.15, 0.2) is 0 Å². The van der Waals surface area contributed by atoms with Crippen LogP contribution in [0.1, 0.15) is 27.2 Å². The number of hydrogen-bond donors (Lipinski definition) is 0. The van der Waals surface area contributed by atoms with Crippen LogP contribution < -0.4 is 0 Å². The molecule has 0 saturated carbocycles. The standard InChI is InChI=1S/C8H15N3/c1-8(2,3)4-5-11-7-9-6-10-11/h6-7H,4-5H2,1-3H3. The number of hydrogen-bond acceptors (Lipinski definition) is 2. The summed E-state index contributed by atoms with van der Waals surface area (Å²) in [5.74, 6) is 0. The highest BCUT2D eigenvalue weighted by Crippen LogP contribution is 2.18. The van der Waals surface area contributed by atoms with Crippen molar-refractivity contribution in [3.05, 3.63) is 12.7 Å².